The van der Waals surface area contributed by atoms with Crippen molar-refractivity contribution < 1.29 is 5.21 Å². The fourth-order valence-corrected chi connectivity index (χ4v) is 3.89. The molecule has 4 rings (SSSR count). The Bertz CT molecular complexity index is 1210. The molecule has 2 aromatic heterocycles. The van der Waals surface area contributed by atoms with E-state index >= 15 is 0 Å². The van der Waals surface area contributed by atoms with Gasteiger partial charge in [-0.2, -0.15) is 0 Å². The molecule has 0 spiro atoms. The minimum absolute atomic E-state index is 0.0384. The molecule has 0 fully saturated rings. The molecule has 0 aliphatic carbocycles. The molecule has 1 atom stereocenters. The molecule has 2 aromatic carbocycles. The van der Waals surface area contributed by atoms with Crippen molar-refractivity contribution in [1.82, 2.24) is 20.0 Å². The molecule has 2 heterocycles. The Labute approximate surface area is 181 Å². The molecule has 0 radical (unpaired) electrons. The fraction of sp³-hybridized carbons (Fsp3) is 0.200. The Morgan fingerprint density at radius 2 is 1.84 bits per heavy atom. The molecule has 31 heavy (non-hydrogen) atoms. The van der Waals surface area contributed by atoms with Crippen LogP contribution in [0, 0.1) is 13.8 Å². The van der Waals surface area contributed by atoms with Gasteiger partial charge in [-0.1, -0.05) is 58.9 Å². The molecule has 6 nitrogen and oxygen atoms in total. The topological polar surface area (TPSA) is 76.2 Å². The molecule has 0 aliphatic rings. The van der Waals surface area contributed by atoms with E-state index in [-0.39, 0.29) is 5.92 Å². The summed E-state index contributed by atoms with van der Waals surface area (Å²) >= 11 is 0. The highest BCUT2D eigenvalue weighted by Crippen LogP contribution is 2.33. The minimum Gasteiger partial charge on any atom is -0.411 e. The number of hydrogen-bond donors (Lipinski definition) is 1. The van der Waals surface area contributed by atoms with E-state index in [1.54, 1.807) is 10.9 Å². The molecule has 0 saturated heterocycles. The Morgan fingerprint density at radius 3 is 2.48 bits per heavy atom. The third kappa shape index (κ3) is 4.53. The first-order chi connectivity index (χ1) is 15.0. The van der Waals surface area contributed by atoms with E-state index in [2.05, 4.69) is 69.8 Å². The molecule has 0 bridgehead atoms. The van der Waals surface area contributed by atoms with E-state index in [1.807, 2.05) is 38.4 Å². The van der Waals surface area contributed by atoms with Crippen LogP contribution in [-0.4, -0.2) is 30.9 Å². The fourth-order valence-electron chi connectivity index (χ4n) is 3.89. The monoisotopic (exact) mass is 411 g/mol. The Kier molecular flexibility index (Phi) is 5.89. The number of aryl methyl sites for hydroxylation is 3. The van der Waals surface area contributed by atoms with E-state index in [1.165, 1.54) is 11.1 Å². The van der Waals surface area contributed by atoms with Gasteiger partial charge in [-0.05, 0) is 42.7 Å². The van der Waals surface area contributed by atoms with Gasteiger partial charge >= 0.3 is 0 Å². The van der Waals surface area contributed by atoms with Crippen LogP contribution in [0.1, 0.15) is 40.3 Å². The summed E-state index contributed by atoms with van der Waals surface area (Å²) in [7, 11) is 1.86. The van der Waals surface area contributed by atoms with E-state index in [0.717, 1.165) is 28.1 Å². The Hall–Kier alpha value is -3.80. The second-order valence-electron chi connectivity index (χ2n) is 7.75. The predicted octanol–water partition coefficient (Wildman–Crippen LogP) is 4.89. The average molecular weight is 412 g/mol. The van der Waals surface area contributed by atoms with Crippen molar-refractivity contribution in [2.45, 2.75) is 26.2 Å². The van der Waals surface area contributed by atoms with Crippen LogP contribution >= 0.6 is 0 Å². The van der Waals surface area contributed by atoms with Gasteiger partial charge < -0.3 is 5.21 Å². The van der Waals surface area contributed by atoms with Gasteiger partial charge in [0.2, 0.25) is 0 Å². The smallest absolute Gasteiger partial charge is 0.113 e. The van der Waals surface area contributed by atoms with Crippen molar-refractivity contribution in [2.24, 2.45) is 12.2 Å². The molecule has 156 valence electrons. The molecular formula is C25H25N5O. The number of rotatable bonds is 6. The van der Waals surface area contributed by atoms with E-state index in [9.17, 15) is 5.21 Å². The molecular weight excluding hydrogens is 386 g/mol. The molecule has 0 unspecified atom stereocenters. The molecule has 4 aromatic rings. The number of oxime groups is 1. The lowest BCUT2D eigenvalue weighted by Crippen LogP contribution is -2.12. The van der Waals surface area contributed by atoms with Crippen LogP contribution in [0.3, 0.4) is 0 Å². The zero-order valence-electron chi connectivity index (χ0n) is 17.9. The van der Waals surface area contributed by atoms with Crippen molar-refractivity contribution in [3.05, 3.63) is 101 Å². The number of aromatic nitrogens is 4. The summed E-state index contributed by atoms with van der Waals surface area (Å²) in [6.07, 6.45) is 4.21. The van der Waals surface area contributed by atoms with Crippen LogP contribution in [0.15, 0.2) is 78.2 Å². The van der Waals surface area contributed by atoms with Gasteiger partial charge in [-0.3, -0.25) is 9.67 Å². The summed E-state index contributed by atoms with van der Waals surface area (Å²) in [6, 6.07) is 20.5. The van der Waals surface area contributed by atoms with Crippen molar-refractivity contribution in [1.29, 1.82) is 0 Å². The second kappa shape index (κ2) is 8.92. The van der Waals surface area contributed by atoms with Gasteiger partial charge in [-0.15, -0.1) is 5.10 Å². The van der Waals surface area contributed by atoms with E-state index < -0.39 is 0 Å². The first kappa shape index (κ1) is 20.5. The van der Waals surface area contributed by atoms with Gasteiger partial charge in [0, 0.05) is 42.4 Å². The number of benzene rings is 2. The van der Waals surface area contributed by atoms with Gasteiger partial charge in [0.05, 0.1) is 11.9 Å². The standard InChI is InChI=1S/C25H25N5O/c1-17-6-4-5-7-22(17)23(15-24(28-31)21-12-13-26-18(2)14-21)19-8-10-20(11-9-19)25-16-30(3)29-27-25/h4-14,16,23,31H,15H2,1-3H3/b28-24-/t23-/m1/s1. The minimum atomic E-state index is 0.0384. The van der Waals surface area contributed by atoms with Gasteiger partial charge in [-0.25, -0.2) is 0 Å². The van der Waals surface area contributed by atoms with Gasteiger partial charge in [0.1, 0.15) is 5.69 Å². The van der Waals surface area contributed by atoms with Crippen LogP contribution in [-0.2, 0) is 7.05 Å². The summed E-state index contributed by atoms with van der Waals surface area (Å²) in [5.41, 5.74) is 7.82. The average Bonchev–Trinajstić information content (AvgIpc) is 3.22. The van der Waals surface area contributed by atoms with Crippen molar-refractivity contribution in [2.75, 3.05) is 0 Å². The molecule has 6 heteroatoms. The Morgan fingerprint density at radius 1 is 1.06 bits per heavy atom. The zero-order valence-corrected chi connectivity index (χ0v) is 17.9. The first-order valence-electron chi connectivity index (χ1n) is 10.2. The molecule has 0 saturated carbocycles. The van der Waals surface area contributed by atoms with Crippen LogP contribution in [0.4, 0.5) is 0 Å². The normalized spacial score (nSPS) is 12.7. The molecule has 0 aliphatic heterocycles. The molecule has 1 N–H and O–H groups in total. The largest absolute Gasteiger partial charge is 0.411 e. The third-order valence-electron chi connectivity index (χ3n) is 5.52. The highest BCUT2D eigenvalue weighted by molar-refractivity contribution is 6.01. The van der Waals surface area contributed by atoms with Gasteiger partial charge in [0.15, 0.2) is 0 Å². The third-order valence-corrected chi connectivity index (χ3v) is 5.52. The maximum absolute atomic E-state index is 9.83. The number of hydrogen-bond acceptors (Lipinski definition) is 5. The van der Waals surface area contributed by atoms with Crippen LogP contribution in [0.5, 0.6) is 0 Å². The first-order valence-corrected chi connectivity index (χ1v) is 10.2. The van der Waals surface area contributed by atoms with E-state index in [4.69, 9.17) is 0 Å². The zero-order chi connectivity index (χ0) is 21.8. The maximum Gasteiger partial charge on any atom is 0.113 e. The van der Waals surface area contributed by atoms with Crippen molar-refractivity contribution in [3.8, 4) is 11.3 Å². The second-order valence-corrected chi connectivity index (χ2v) is 7.75. The SMILES string of the molecule is Cc1cc(/C(C[C@H](c2ccc(-c3cn(C)nn3)cc2)c2ccccc2C)=N\O)ccn1. The van der Waals surface area contributed by atoms with Gasteiger partial charge in [0.25, 0.3) is 0 Å². The van der Waals surface area contributed by atoms with Crippen LogP contribution < -0.4 is 0 Å². The predicted molar refractivity (Wildman–Crippen MR) is 121 cm³/mol. The lowest BCUT2D eigenvalue weighted by molar-refractivity contribution is 0.317. The highest BCUT2D eigenvalue weighted by atomic mass is 16.4. The number of pyridine rings is 1. The van der Waals surface area contributed by atoms with Crippen molar-refractivity contribution >= 4 is 5.71 Å². The molecule has 0 amide bonds. The van der Waals surface area contributed by atoms with Crippen LogP contribution in [0.2, 0.25) is 0 Å². The highest BCUT2D eigenvalue weighted by Gasteiger charge is 2.20. The van der Waals surface area contributed by atoms with Crippen molar-refractivity contribution in [3.63, 3.8) is 0 Å². The van der Waals surface area contributed by atoms with Crippen LogP contribution in [0.25, 0.3) is 11.3 Å². The van der Waals surface area contributed by atoms with E-state index in [0.29, 0.717) is 12.1 Å². The summed E-state index contributed by atoms with van der Waals surface area (Å²) in [6.45, 7) is 4.05. The quantitative estimate of drug-likeness (QED) is 0.278. The summed E-state index contributed by atoms with van der Waals surface area (Å²) in [4.78, 5) is 4.26. The lowest BCUT2D eigenvalue weighted by Gasteiger charge is -2.21. The Balaban J connectivity index is 1.72. The summed E-state index contributed by atoms with van der Waals surface area (Å²) in [5.74, 6) is 0.0384. The number of nitrogens with zero attached hydrogens (tertiary/aromatic N) is 5. The summed E-state index contributed by atoms with van der Waals surface area (Å²) < 4.78 is 1.69. The summed E-state index contributed by atoms with van der Waals surface area (Å²) in [5, 5.41) is 21.7. The maximum atomic E-state index is 9.83. The lowest BCUT2D eigenvalue weighted by atomic mass is 9.83.